The number of hydrogen-bond donors (Lipinski definition) is 0. The molecular formula is C14H12ClFO2S. The monoisotopic (exact) mass is 298 g/mol. The molecule has 0 unspecified atom stereocenters. The molecule has 0 atom stereocenters. The van der Waals surface area contributed by atoms with E-state index in [4.69, 9.17) is 10.7 Å². The van der Waals surface area contributed by atoms with Crippen molar-refractivity contribution < 1.29 is 12.8 Å². The van der Waals surface area contributed by atoms with Crippen molar-refractivity contribution >= 4 is 19.7 Å². The topological polar surface area (TPSA) is 34.1 Å². The van der Waals surface area contributed by atoms with E-state index in [0.29, 0.717) is 5.56 Å². The molecule has 2 aromatic carbocycles. The molecule has 0 aliphatic carbocycles. The first kappa shape index (κ1) is 14.0. The molecule has 2 aromatic rings. The summed E-state index contributed by atoms with van der Waals surface area (Å²) in [6, 6.07) is 9.74. The highest BCUT2D eigenvalue weighted by Gasteiger charge is 2.17. The largest absolute Gasteiger partial charge is 0.264 e. The molecule has 100 valence electrons. The lowest BCUT2D eigenvalue weighted by Crippen LogP contribution is -1.96. The van der Waals surface area contributed by atoms with Gasteiger partial charge in [-0.05, 0) is 42.7 Å². The van der Waals surface area contributed by atoms with Crippen LogP contribution in [0, 0.1) is 19.7 Å². The van der Waals surface area contributed by atoms with Crippen molar-refractivity contribution in [1.29, 1.82) is 0 Å². The first-order chi connectivity index (χ1) is 8.79. The molecule has 19 heavy (non-hydrogen) atoms. The molecule has 0 saturated carbocycles. The number of benzene rings is 2. The molecule has 0 spiro atoms. The van der Waals surface area contributed by atoms with Crippen molar-refractivity contribution in [1.82, 2.24) is 0 Å². The highest BCUT2D eigenvalue weighted by molar-refractivity contribution is 8.13. The summed E-state index contributed by atoms with van der Waals surface area (Å²) in [5, 5.41) is 0. The minimum atomic E-state index is -4.09. The van der Waals surface area contributed by atoms with Gasteiger partial charge in [0, 0.05) is 10.7 Å². The molecule has 0 fully saturated rings. The summed E-state index contributed by atoms with van der Waals surface area (Å²) < 4.78 is 36.1. The molecule has 2 nitrogen and oxygen atoms in total. The SMILES string of the molecule is Cc1ccc(C)c(-c2ccc(F)c(S(=O)(=O)Cl)c2)c1. The molecule has 2 rings (SSSR count). The van der Waals surface area contributed by atoms with Crippen molar-refractivity contribution in [2.24, 2.45) is 0 Å². The summed E-state index contributed by atoms with van der Waals surface area (Å²) >= 11 is 0. The summed E-state index contributed by atoms with van der Waals surface area (Å²) in [4.78, 5) is -0.493. The van der Waals surface area contributed by atoms with Crippen molar-refractivity contribution in [2.45, 2.75) is 18.7 Å². The maximum Gasteiger partial charge on any atom is 0.264 e. The number of halogens is 2. The van der Waals surface area contributed by atoms with Crippen LogP contribution in [0.2, 0.25) is 0 Å². The predicted molar refractivity (Wildman–Crippen MR) is 74.3 cm³/mol. The lowest BCUT2D eigenvalue weighted by atomic mass is 9.98. The minimum Gasteiger partial charge on any atom is -0.207 e. The van der Waals surface area contributed by atoms with Crippen LogP contribution in [0.15, 0.2) is 41.3 Å². The summed E-state index contributed by atoms with van der Waals surface area (Å²) in [6.45, 7) is 3.85. The van der Waals surface area contributed by atoms with E-state index in [9.17, 15) is 12.8 Å². The zero-order valence-electron chi connectivity index (χ0n) is 10.4. The molecule has 0 saturated heterocycles. The van der Waals surface area contributed by atoms with Gasteiger partial charge in [-0.1, -0.05) is 29.8 Å². The standard InChI is InChI=1S/C14H12ClFO2S/c1-9-3-4-10(2)12(7-9)11-5-6-13(16)14(8-11)19(15,17)18/h3-8H,1-2H3. The molecule has 0 bridgehead atoms. The van der Waals surface area contributed by atoms with Crippen LogP contribution in [0.3, 0.4) is 0 Å². The second-order valence-corrected chi connectivity index (χ2v) is 6.94. The predicted octanol–water partition coefficient (Wildman–Crippen LogP) is 4.04. The maximum absolute atomic E-state index is 13.5. The van der Waals surface area contributed by atoms with Gasteiger partial charge in [-0.15, -0.1) is 0 Å². The summed E-state index contributed by atoms with van der Waals surface area (Å²) in [5.74, 6) is -0.843. The third-order valence-electron chi connectivity index (χ3n) is 2.90. The fourth-order valence-corrected chi connectivity index (χ4v) is 2.83. The number of hydrogen-bond acceptors (Lipinski definition) is 2. The Kier molecular flexibility index (Phi) is 3.65. The van der Waals surface area contributed by atoms with E-state index in [2.05, 4.69) is 0 Å². The summed E-state index contributed by atoms with van der Waals surface area (Å²) in [7, 11) is 1.14. The zero-order valence-corrected chi connectivity index (χ0v) is 12.0. The fourth-order valence-electron chi connectivity index (χ4n) is 1.90. The Morgan fingerprint density at radius 1 is 1.05 bits per heavy atom. The fraction of sp³-hybridized carbons (Fsp3) is 0.143. The van der Waals surface area contributed by atoms with Crippen LogP contribution in [-0.4, -0.2) is 8.42 Å². The van der Waals surface area contributed by atoms with E-state index in [1.807, 2.05) is 32.0 Å². The van der Waals surface area contributed by atoms with E-state index < -0.39 is 19.8 Å². The van der Waals surface area contributed by atoms with E-state index in [-0.39, 0.29) is 0 Å². The molecule has 0 heterocycles. The summed E-state index contributed by atoms with van der Waals surface area (Å²) in [6.07, 6.45) is 0. The van der Waals surface area contributed by atoms with E-state index in [0.717, 1.165) is 22.8 Å². The minimum absolute atomic E-state index is 0.493. The van der Waals surface area contributed by atoms with Gasteiger partial charge >= 0.3 is 0 Å². The first-order valence-corrected chi connectivity index (χ1v) is 7.92. The average Bonchev–Trinajstić information content (AvgIpc) is 2.31. The molecule has 0 radical (unpaired) electrons. The third-order valence-corrected chi connectivity index (χ3v) is 4.23. The Labute approximate surface area is 116 Å². The van der Waals surface area contributed by atoms with E-state index >= 15 is 0 Å². The molecular weight excluding hydrogens is 287 g/mol. The van der Waals surface area contributed by atoms with Crippen LogP contribution in [0.25, 0.3) is 11.1 Å². The zero-order chi connectivity index (χ0) is 14.2. The van der Waals surface area contributed by atoms with Crippen LogP contribution in [0.5, 0.6) is 0 Å². The highest BCUT2D eigenvalue weighted by Crippen LogP contribution is 2.29. The Morgan fingerprint density at radius 3 is 2.37 bits per heavy atom. The number of rotatable bonds is 2. The van der Waals surface area contributed by atoms with E-state index in [1.165, 1.54) is 6.07 Å². The Bertz CT molecular complexity index is 739. The van der Waals surface area contributed by atoms with Crippen LogP contribution in [0.4, 0.5) is 4.39 Å². The summed E-state index contributed by atoms with van der Waals surface area (Å²) in [5.41, 5.74) is 3.51. The average molecular weight is 299 g/mol. The van der Waals surface area contributed by atoms with Crippen LogP contribution in [-0.2, 0) is 9.05 Å². The van der Waals surface area contributed by atoms with Gasteiger partial charge in [-0.3, -0.25) is 0 Å². The van der Waals surface area contributed by atoms with Crippen LogP contribution >= 0.6 is 10.7 Å². The Hall–Kier alpha value is -1.39. The van der Waals surface area contributed by atoms with Gasteiger partial charge in [0.25, 0.3) is 9.05 Å². The van der Waals surface area contributed by atoms with Gasteiger partial charge in [0.15, 0.2) is 0 Å². The van der Waals surface area contributed by atoms with Gasteiger partial charge in [0.2, 0.25) is 0 Å². The first-order valence-electron chi connectivity index (χ1n) is 5.61. The molecule has 5 heteroatoms. The van der Waals surface area contributed by atoms with Crippen molar-refractivity contribution in [3.05, 3.63) is 53.3 Å². The Morgan fingerprint density at radius 2 is 1.74 bits per heavy atom. The van der Waals surface area contributed by atoms with Crippen LogP contribution in [0.1, 0.15) is 11.1 Å². The Balaban J connectivity index is 2.68. The maximum atomic E-state index is 13.5. The number of aryl methyl sites for hydroxylation is 2. The molecule has 0 N–H and O–H groups in total. The molecule has 0 aromatic heterocycles. The second-order valence-electron chi connectivity index (χ2n) is 4.40. The highest BCUT2D eigenvalue weighted by atomic mass is 35.7. The molecule has 0 aliphatic heterocycles. The quantitative estimate of drug-likeness (QED) is 0.784. The van der Waals surface area contributed by atoms with Crippen molar-refractivity contribution in [2.75, 3.05) is 0 Å². The van der Waals surface area contributed by atoms with Gasteiger partial charge < -0.3 is 0 Å². The van der Waals surface area contributed by atoms with Gasteiger partial charge in [-0.25, -0.2) is 12.8 Å². The van der Waals surface area contributed by atoms with Gasteiger partial charge in [0.1, 0.15) is 10.7 Å². The van der Waals surface area contributed by atoms with Crippen LogP contribution < -0.4 is 0 Å². The normalized spacial score (nSPS) is 11.6. The van der Waals surface area contributed by atoms with E-state index in [1.54, 1.807) is 6.07 Å². The smallest absolute Gasteiger partial charge is 0.207 e. The van der Waals surface area contributed by atoms with Crippen molar-refractivity contribution in [3.63, 3.8) is 0 Å². The molecule has 0 aliphatic rings. The third kappa shape index (κ3) is 2.96. The molecule has 0 amide bonds. The van der Waals surface area contributed by atoms with Gasteiger partial charge in [0.05, 0.1) is 0 Å². The lowest BCUT2D eigenvalue weighted by Gasteiger charge is -2.09. The van der Waals surface area contributed by atoms with Crippen molar-refractivity contribution in [3.8, 4) is 11.1 Å². The second kappa shape index (κ2) is 4.94. The lowest BCUT2D eigenvalue weighted by molar-refractivity contribution is 0.576. The van der Waals surface area contributed by atoms with Gasteiger partial charge in [-0.2, -0.15) is 0 Å².